The maximum atomic E-state index is 11.8. The van der Waals surface area contributed by atoms with Crippen molar-refractivity contribution in [3.8, 4) is 5.75 Å². The molecular weight excluding hydrogens is 264 g/mol. The molecule has 2 N–H and O–H groups in total. The number of benzene rings is 2. The van der Waals surface area contributed by atoms with Gasteiger partial charge >= 0.3 is 0 Å². The fourth-order valence-corrected chi connectivity index (χ4v) is 1.79. The molecule has 0 saturated heterocycles. The van der Waals surface area contributed by atoms with Crippen molar-refractivity contribution < 1.29 is 9.90 Å². The number of phenols is 1. The van der Waals surface area contributed by atoms with Crippen LogP contribution < -0.4 is 5.32 Å². The number of carbonyl (C=O) groups is 1. The van der Waals surface area contributed by atoms with Crippen LogP contribution in [0.5, 0.6) is 5.75 Å². The Labute approximate surface area is 124 Å². The molecule has 4 nitrogen and oxygen atoms in total. The summed E-state index contributed by atoms with van der Waals surface area (Å²) in [4.78, 5) is 16.1. The Hall–Kier alpha value is -2.62. The van der Waals surface area contributed by atoms with Gasteiger partial charge in [-0.05, 0) is 50.2 Å². The summed E-state index contributed by atoms with van der Waals surface area (Å²) in [6.07, 6.45) is 1.60. The first-order valence-corrected chi connectivity index (χ1v) is 6.79. The first-order chi connectivity index (χ1) is 10.1. The van der Waals surface area contributed by atoms with Crippen LogP contribution in [-0.2, 0) is 0 Å². The van der Waals surface area contributed by atoms with Crippen LogP contribution in [0.3, 0.4) is 0 Å². The molecule has 4 heteroatoms. The number of nitrogens with one attached hydrogen (secondary N) is 1. The Bertz CT molecular complexity index is 646. The maximum absolute atomic E-state index is 11.8. The van der Waals surface area contributed by atoms with Crippen molar-refractivity contribution in [2.24, 2.45) is 4.99 Å². The SMILES string of the molecule is CC(C)NC(=O)c1ccc(N=Cc2ccccc2O)cc1. The zero-order chi connectivity index (χ0) is 15.2. The molecule has 0 aliphatic heterocycles. The van der Waals surface area contributed by atoms with E-state index in [1.165, 1.54) is 0 Å². The summed E-state index contributed by atoms with van der Waals surface area (Å²) < 4.78 is 0. The van der Waals surface area contributed by atoms with E-state index in [-0.39, 0.29) is 17.7 Å². The molecule has 0 aromatic heterocycles. The number of phenolic OH excluding ortho intramolecular Hbond substituents is 1. The maximum Gasteiger partial charge on any atom is 0.251 e. The van der Waals surface area contributed by atoms with Gasteiger partial charge in [-0.25, -0.2) is 0 Å². The molecule has 1 amide bonds. The summed E-state index contributed by atoms with van der Waals surface area (Å²) in [6.45, 7) is 3.84. The summed E-state index contributed by atoms with van der Waals surface area (Å²) in [6, 6.07) is 14.1. The van der Waals surface area contributed by atoms with E-state index in [0.717, 1.165) is 5.69 Å². The highest BCUT2D eigenvalue weighted by molar-refractivity contribution is 5.94. The van der Waals surface area contributed by atoms with Crippen LogP contribution in [0.15, 0.2) is 53.5 Å². The monoisotopic (exact) mass is 282 g/mol. The molecule has 0 bridgehead atoms. The summed E-state index contributed by atoms with van der Waals surface area (Å²) in [5.41, 5.74) is 1.98. The fourth-order valence-electron chi connectivity index (χ4n) is 1.79. The van der Waals surface area contributed by atoms with Gasteiger partial charge in [0, 0.05) is 23.4 Å². The molecule has 2 aromatic carbocycles. The van der Waals surface area contributed by atoms with Crippen LogP contribution >= 0.6 is 0 Å². The molecule has 0 aliphatic carbocycles. The second kappa shape index (κ2) is 6.70. The Kier molecular flexibility index (Phi) is 4.72. The van der Waals surface area contributed by atoms with Gasteiger partial charge in [-0.2, -0.15) is 0 Å². The summed E-state index contributed by atoms with van der Waals surface area (Å²) >= 11 is 0. The average Bonchev–Trinajstić information content (AvgIpc) is 2.46. The first kappa shape index (κ1) is 14.8. The topological polar surface area (TPSA) is 61.7 Å². The van der Waals surface area contributed by atoms with Crippen molar-refractivity contribution in [3.63, 3.8) is 0 Å². The van der Waals surface area contributed by atoms with Gasteiger partial charge in [0.15, 0.2) is 0 Å². The predicted octanol–water partition coefficient (Wildman–Crippen LogP) is 3.28. The number of nitrogens with zero attached hydrogens (tertiary/aromatic N) is 1. The van der Waals surface area contributed by atoms with E-state index in [9.17, 15) is 9.90 Å². The van der Waals surface area contributed by atoms with Crippen molar-refractivity contribution >= 4 is 17.8 Å². The van der Waals surface area contributed by atoms with Crippen molar-refractivity contribution in [1.29, 1.82) is 0 Å². The second-order valence-electron chi connectivity index (χ2n) is 4.99. The lowest BCUT2D eigenvalue weighted by atomic mass is 10.2. The number of para-hydroxylation sites is 1. The van der Waals surface area contributed by atoms with Crippen LogP contribution in [0.1, 0.15) is 29.8 Å². The lowest BCUT2D eigenvalue weighted by Gasteiger charge is -2.08. The highest BCUT2D eigenvalue weighted by atomic mass is 16.3. The number of rotatable bonds is 4. The molecule has 108 valence electrons. The Morgan fingerprint density at radius 1 is 1.14 bits per heavy atom. The highest BCUT2D eigenvalue weighted by Gasteiger charge is 2.06. The summed E-state index contributed by atoms with van der Waals surface area (Å²) in [7, 11) is 0. The van der Waals surface area contributed by atoms with Gasteiger partial charge in [0.25, 0.3) is 5.91 Å². The van der Waals surface area contributed by atoms with Gasteiger partial charge < -0.3 is 10.4 Å². The molecule has 2 rings (SSSR count). The van der Waals surface area contributed by atoms with Gasteiger partial charge in [0.2, 0.25) is 0 Å². The van der Waals surface area contributed by atoms with E-state index in [2.05, 4.69) is 10.3 Å². The van der Waals surface area contributed by atoms with Crippen LogP contribution in [-0.4, -0.2) is 23.3 Å². The first-order valence-electron chi connectivity index (χ1n) is 6.79. The smallest absolute Gasteiger partial charge is 0.251 e. The second-order valence-corrected chi connectivity index (χ2v) is 4.99. The molecule has 0 radical (unpaired) electrons. The number of aliphatic imine (C=N–C) groups is 1. The minimum atomic E-state index is -0.0961. The Balaban J connectivity index is 2.09. The van der Waals surface area contributed by atoms with Crippen molar-refractivity contribution in [2.75, 3.05) is 0 Å². The van der Waals surface area contributed by atoms with E-state index in [1.807, 2.05) is 19.9 Å². The van der Waals surface area contributed by atoms with Crippen LogP contribution in [0, 0.1) is 0 Å². The normalized spacial score (nSPS) is 11.0. The lowest BCUT2D eigenvalue weighted by molar-refractivity contribution is 0.0943. The van der Waals surface area contributed by atoms with Gasteiger partial charge in [-0.15, -0.1) is 0 Å². The molecule has 2 aromatic rings. The third-order valence-electron chi connectivity index (χ3n) is 2.84. The molecule has 0 spiro atoms. The zero-order valence-corrected chi connectivity index (χ0v) is 12.1. The Morgan fingerprint density at radius 3 is 2.43 bits per heavy atom. The highest BCUT2D eigenvalue weighted by Crippen LogP contribution is 2.17. The van der Waals surface area contributed by atoms with Crippen molar-refractivity contribution in [1.82, 2.24) is 5.32 Å². The van der Waals surface area contributed by atoms with E-state index in [1.54, 1.807) is 48.7 Å². The van der Waals surface area contributed by atoms with Crippen molar-refractivity contribution in [3.05, 3.63) is 59.7 Å². The van der Waals surface area contributed by atoms with Gasteiger partial charge in [0.05, 0.1) is 5.69 Å². The molecular formula is C17H18N2O2. The number of aromatic hydroxyl groups is 1. The largest absolute Gasteiger partial charge is 0.507 e. The summed E-state index contributed by atoms with van der Waals surface area (Å²) in [5.74, 6) is 0.0930. The molecule has 0 atom stereocenters. The standard InChI is InChI=1S/C17H18N2O2/c1-12(2)19-17(21)13-7-9-15(10-8-13)18-11-14-5-3-4-6-16(14)20/h3-12,20H,1-2H3,(H,19,21). The Morgan fingerprint density at radius 2 is 1.81 bits per heavy atom. The van der Waals surface area contributed by atoms with E-state index in [0.29, 0.717) is 11.1 Å². The quantitative estimate of drug-likeness (QED) is 0.845. The predicted molar refractivity (Wildman–Crippen MR) is 84.4 cm³/mol. The lowest BCUT2D eigenvalue weighted by Crippen LogP contribution is -2.29. The molecule has 0 unspecified atom stereocenters. The molecule has 21 heavy (non-hydrogen) atoms. The fraction of sp³-hybridized carbons (Fsp3) is 0.176. The number of hydrogen-bond acceptors (Lipinski definition) is 3. The van der Waals surface area contributed by atoms with Gasteiger partial charge in [-0.3, -0.25) is 9.79 Å². The third-order valence-corrected chi connectivity index (χ3v) is 2.84. The minimum absolute atomic E-state index is 0.0961. The zero-order valence-electron chi connectivity index (χ0n) is 12.1. The minimum Gasteiger partial charge on any atom is -0.507 e. The van der Waals surface area contributed by atoms with Gasteiger partial charge in [0.1, 0.15) is 5.75 Å². The number of hydrogen-bond donors (Lipinski definition) is 2. The average molecular weight is 282 g/mol. The molecule has 0 saturated carbocycles. The van der Waals surface area contributed by atoms with Crippen LogP contribution in [0.4, 0.5) is 5.69 Å². The van der Waals surface area contributed by atoms with Crippen molar-refractivity contribution in [2.45, 2.75) is 19.9 Å². The number of carbonyl (C=O) groups excluding carboxylic acids is 1. The van der Waals surface area contributed by atoms with Crippen LogP contribution in [0.2, 0.25) is 0 Å². The van der Waals surface area contributed by atoms with Gasteiger partial charge in [-0.1, -0.05) is 12.1 Å². The van der Waals surface area contributed by atoms with E-state index in [4.69, 9.17) is 0 Å². The van der Waals surface area contributed by atoms with Crippen LogP contribution in [0.25, 0.3) is 0 Å². The molecule has 0 fully saturated rings. The third kappa shape index (κ3) is 4.18. The van der Waals surface area contributed by atoms with E-state index >= 15 is 0 Å². The molecule has 0 heterocycles. The van der Waals surface area contributed by atoms with E-state index < -0.39 is 0 Å². The summed E-state index contributed by atoms with van der Waals surface area (Å²) in [5, 5.41) is 12.5. The molecule has 0 aliphatic rings. The number of amides is 1.